The zero-order chi connectivity index (χ0) is 15.7. The van der Waals surface area contributed by atoms with Crippen LogP contribution in [-0.2, 0) is 9.53 Å². The molecule has 1 unspecified atom stereocenters. The van der Waals surface area contributed by atoms with E-state index in [9.17, 15) is 4.79 Å². The Balaban J connectivity index is 2.49. The number of likely N-dealkylation sites (N-methyl/N-ethyl adjacent to an activating group) is 1. The van der Waals surface area contributed by atoms with Gasteiger partial charge in [0.05, 0.1) is 19.2 Å². The molecule has 1 atom stereocenters. The van der Waals surface area contributed by atoms with Gasteiger partial charge in [-0.3, -0.25) is 4.79 Å². The second-order valence-corrected chi connectivity index (χ2v) is 5.38. The van der Waals surface area contributed by atoms with Gasteiger partial charge >= 0.3 is 0 Å². The fourth-order valence-corrected chi connectivity index (χ4v) is 2.23. The number of nitrogens with one attached hydrogen (secondary N) is 2. The van der Waals surface area contributed by atoms with Crippen LogP contribution in [0.5, 0.6) is 0 Å². The molecule has 6 heteroatoms. The van der Waals surface area contributed by atoms with Gasteiger partial charge in [0.25, 0.3) is 0 Å². The number of rotatable bonds is 9. The van der Waals surface area contributed by atoms with Crippen LogP contribution in [0, 0.1) is 0 Å². The molecule has 0 heterocycles. The highest BCUT2D eigenvalue weighted by Crippen LogP contribution is 2.25. The standard InChI is InChI=1S/C15H24ClN3O2/c1-19(2)14(12-6-4-5-7-13(12)16)10-18-15(20)11-17-8-9-21-3/h4-7,14,17H,8-11H2,1-3H3,(H,18,20). The molecule has 0 aromatic heterocycles. The number of nitrogens with zero attached hydrogens (tertiary/aromatic N) is 1. The van der Waals surface area contributed by atoms with Crippen LogP contribution in [0.15, 0.2) is 24.3 Å². The second-order valence-electron chi connectivity index (χ2n) is 4.97. The Hall–Kier alpha value is -1.14. The Morgan fingerprint density at radius 2 is 2.10 bits per heavy atom. The number of hydrogen-bond acceptors (Lipinski definition) is 4. The number of ether oxygens (including phenoxy) is 1. The third-order valence-electron chi connectivity index (χ3n) is 3.15. The maximum absolute atomic E-state index is 11.8. The minimum atomic E-state index is -0.0370. The maximum Gasteiger partial charge on any atom is 0.234 e. The Labute approximate surface area is 131 Å². The molecule has 2 N–H and O–H groups in total. The van der Waals surface area contributed by atoms with E-state index in [4.69, 9.17) is 16.3 Å². The van der Waals surface area contributed by atoms with Crippen LogP contribution < -0.4 is 10.6 Å². The minimum absolute atomic E-state index is 0.0370. The van der Waals surface area contributed by atoms with Gasteiger partial charge in [-0.25, -0.2) is 0 Å². The van der Waals surface area contributed by atoms with Gasteiger partial charge in [0, 0.05) is 25.2 Å². The molecule has 0 aliphatic rings. The first kappa shape index (κ1) is 17.9. The van der Waals surface area contributed by atoms with Gasteiger partial charge in [-0.2, -0.15) is 0 Å². The molecule has 0 aliphatic heterocycles. The van der Waals surface area contributed by atoms with Gasteiger partial charge in [0.1, 0.15) is 0 Å². The highest BCUT2D eigenvalue weighted by atomic mass is 35.5. The summed E-state index contributed by atoms with van der Waals surface area (Å²) >= 11 is 6.23. The SMILES string of the molecule is COCCNCC(=O)NCC(c1ccccc1Cl)N(C)C. The monoisotopic (exact) mass is 313 g/mol. The lowest BCUT2D eigenvalue weighted by molar-refractivity contribution is -0.120. The summed E-state index contributed by atoms with van der Waals surface area (Å²) in [4.78, 5) is 13.8. The number of benzene rings is 1. The van der Waals surface area contributed by atoms with Crippen LogP contribution >= 0.6 is 11.6 Å². The number of hydrogen-bond donors (Lipinski definition) is 2. The Morgan fingerprint density at radius 3 is 2.71 bits per heavy atom. The summed E-state index contributed by atoms with van der Waals surface area (Å²) in [7, 11) is 5.57. The molecule has 1 rings (SSSR count). The predicted octanol–water partition coefficient (Wildman–Crippen LogP) is 1.29. The molecular weight excluding hydrogens is 290 g/mol. The predicted molar refractivity (Wildman–Crippen MR) is 85.6 cm³/mol. The molecule has 118 valence electrons. The van der Waals surface area contributed by atoms with Gasteiger partial charge in [0.15, 0.2) is 0 Å². The first-order chi connectivity index (χ1) is 10.1. The molecule has 0 spiro atoms. The highest BCUT2D eigenvalue weighted by molar-refractivity contribution is 6.31. The van der Waals surface area contributed by atoms with Crippen LogP contribution in [0.25, 0.3) is 0 Å². The topological polar surface area (TPSA) is 53.6 Å². The van der Waals surface area contributed by atoms with E-state index in [0.29, 0.717) is 24.7 Å². The zero-order valence-electron chi connectivity index (χ0n) is 12.9. The van der Waals surface area contributed by atoms with Crippen molar-refractivity contribution in [1.29, 1.82) is 0 Å². The lowest BCUT2D eigenvalue weighted by Crippen LogP contribution is -2.39. The third-order valence-corrected chi connectivity index (χ3v) is 3.49. The van der Waals surface area contributed by atoms with Crippen molar-refractivity contribution >= 4 is 17.5 Å². The smallest absolute Gasteiger partial charge is 0.234 e. The Kier molecular flexibility index (Phi) is 8.30. The molecule has 5 nitrogen and oxygen atoms in total. The second kappa shape index (κ2) is 9.73. The van der Waals surface area contributed by atoms with Crippen LogP contribution in [0.4, 0.5) is 0 Å². The lowest BCUT2D eigenvalue weighted by atomic mass is 10.1. The van der Waals surface area contributed by atoms with Gasteiger partial charge < -0.3 is 20.3 Å². The average molecular weight is 314 g/mol. The van der Waals surface area contributed by atoms with Crippen molar-refractivity contribution in [3.63, 3.8) is 0 Å². The molecule has 0 bridgehead atoms. The summed E-state index contributed by atoms with van der Waals surface area (Å²) in [6, 6.07) is 7.74. The number of methoxy groups -OCH3 is 1. The summed E-state index contributed by atoms with van der Waals surface area (Å²) in [5, 5.41) is 6.65. The van der Waals surface area contributed by atoms with Crippen molar-refractivity contribution in [1.82, 2.24) is 15.5 Å². The van der Waals surface area contributed by atoms with Crippen molar-refractivity contribution in [2.24, 2.45) is 0 Å². The number of amides is 1. The summed E-state index contributed by atoms with van der Waals surface area (Å²) in [5.41, 5.74) is 1.01. The maximum atomic E-state index is 11.8. The molecule has 1 amide bonds. The van der Waals surface area contributed by atoms with Crippen LogP contribution in [0.1, 0.15) is 11.6 Å². The van der Waals surface area contributed by atoms with Crippen LogP contribution in [-0.4, -0.2) is 58.3 Å². The number of halogens is 1. The normalized spacial score (nSPS) is 12.4. The fourth-order valence-electron chi connectivity index (χ4n) is 1.97. The van der Waals surface area contributed by atoms with Crippen molar-refractivity contribution in [3.8, 4) is 0 Å². The summed E-state index contributed by atoms with van der Waals surface area (Å²) < 4.78 is 4.91. The van der Waals surface area contributed by atoms with Crippen molar-refractivity contribution in [3.05, 3.63) is 34.9 Å². The van der Waals surface area contributed by atoms with Gasteiger partial charge in [0.2, 0.25) is 5.91 Å². The van der Waals surface area contributed by atoms with Crippen molar-refractivity contribution < 1.29 is 9.53 Å². The quantitative estimate of drug-likeness (QED) is 0.675. The molecular formula is C15H24ClN3O2. The largest absolute Gasteiger partial charge is 0.383 e. The number of carbonyl (C=O) groups is 1. The van der Waals surface area contributed by atoms with E-state index < -0.39 is 0 Å². The van der Waals surface area contributed by atoms with E-state index in [1.165, 1.54) is 0 Å². The molecule has 21 heavy (non-hydrogen) atoms. The van der Waals surface area contributed by atoms with Crippen LogP contribution in [0.3, 0.4) is 0 Å². The molecule has 0 saturated heterocycles. The highest BCUT2D eigenvalue weighted by Gasteiger charge is 2.17. The van der Waals surface area contributed by atoms with E-state index in [2.05, 4.69) is 10.6 Å². The fraction of sp³-hybridized carbons (Fsp3) is 0.533. The van der Waals surface area contributed by atoms with Gasteiger partial charge in [-0.15, -0.1) is 0 Å². The molecule has 0 radical (unpaired) electrons. The molecule has 1 aromatic carbocycles. The minimum Gasteiger partial charge on any atom is -0.383 e. The van der Waals surface area contributed by atoms with Crippen LogP contribution in [0.2, 0.25) is 5.02 Å². The lowest BCUT2D eigenvalue weighted by Gasteiger charge is -2.26. The van der Waals surface area contributed by atoms with E-state index in [-0.39, 0.29) is 18.5 Å². The first-order valence-electron chi connectivity index (χ1n) is 6.93. The molecule has 0 fully saturated rings. The summed E-state index contributed by atoms with van der Waals surface area (Å²) in [6.45, 7) is 2.05. The summed E-state index contributed by atoms with van der Waals surface area (Å²) in [6.07, 6.45) is 0. The Bertz CT molecular complexity index is 441. The number of carbonyl (C=O) groups excluding carboxylic acids is 1. The first-order valence-corrected chi connectivity index (χ1v) is 7.31. The van der Waals surface area contributed by atoms with Crippen molar-refractivity contribution in [2.45, 2.75) is 6.04 Å². The van der Waals surface area contributed by atoms with Gasteiger partial charge in [-0.05, 0) is 25.7 Å². The molecule has 1 aromatic rings. The average Bonchev–Trinajstić information content (AvgIpc) is 2.45. The van der Waals surface area contributed by atoms with E-state index in [1.807, 2.05) is 43.3 Å². The van der Waals surface area contributed by atoms with Crippen molar-refractivity contribution in [2.75, 3.05) is 47.4 Å². The zero-order valence-corrected chi connectivity index (χ0v) is 13.6. The molecule has 0 saturated carbocycles. The summed E-state index contributed by atoms with van der Waals surface area (Å²) in [5.74, 6) is -0.0370. The van der Waals surface area contributed by atoms with Gasteiger partial charge in [-0.1, -0.05) is 29.8 Å². The Morgan fingerprint density at radius 1 is 1.38 bits per heavy atom. The van der Waals surface area contributed by atoms with E-state index in [1.54, 1.807) is 7.11 Å². The van der Waals surface area contributed by atoms with E-state index in [0.717, 1.165) is 5.56 Å². The van der Waals surface area contributed by atoms with E-state index >= 15 is 0 Å². The third kappa shape index (κ3) is 6.44. The molecule has 0 aliphatic carbocycles.